The molecule has 0 saturated carbocycles. The first-order valence-electron chi connectivity index (χ1n) is 5.07. The Morgan fingerprint density at radius 2 is 1.83 bits per heavy atom. The summed E-state index contributed by atoms with van der Waals surface area (Å²) in [6.45, 7) is 0. The average Bonchev–Trinajstić information content (AvgIpc) is 2.35. The van der Waals surface area contributed by atoms with Crippen LogP contribution in [-0.2, 0) is 0 Å². The molecule has 94 valence electrons. The smallest absolute Gasteiger partial charge is 0.142 e. The molecular formula is C13H8Br2ClFO. The number of halogens is 4. The van der Waals surface area contributed by atoms with Crippen LogP contribution in [0.1, 0.15) is 17.2 Å². The van der Waals surface area contributed by atoms with Crippen molar-refractivity contribution in [1.82, 2.24) is 0 Å². The molecule has 0 bridgehead atoms. The highest BCUT2D eigenvalue weighted by Crippen LogP contribution is 2.32. The number of benzene rings is 2. The van der Waals surface area contributed by atoms with Crippen molar-refractivity contribution in [2.24, 2.45) is 0 Å². The standard InChI is InChI=1S/C13H8Br2ClFO/c14-8-2-3-10(15)9(6-8)13(18)7-1-4-11(16)12(17)5-7/h1-6,13,18H. The van der Waals surface area contributed by atoms with Gasteiger partial charge in [0.05, 0.1) is 5.02 Å². The van der Waals surface area contributed by atoms with Gasteiger partial charge >= 0.3 is 0 Å². The van der Waals surface area contributed by atoms with Gasteiger partial charge in [0.2, 0.25) is 0 Å². The molecule has 0 aliphatic carbocycles. The molecule has 1 N–H and O–H groups in total. The summed E-state index contributed by atoms with van der Waals surface area (Å²) in [4.78, 5) is 0. The number of rotatable bonds is 2. The molecule has 2 rings (SSSR count). The SMILES string of the molecule is OC(c1ccc(Cl)c(F)c1)c1cc(Br)ccc1Br. The fourth-order valence-corrected chi connectivity index (χ4v) is 2.55. The highest BCUT2D eigenvalue weighted by Gasteiger charge is 2.15. The Bertz CT molecular complexity index is 589. The van der Waals surface area contributed by atoms with Crippen LogP contribution in [0, 0.1) is 5.82 Å². The van der Waals surface area contributed by atoms with E-state index in [0.717, 1.165) is 8.95 Å². The van der Waals surface area contributed by atoms with E-state index in [4.69, 9.17) is 11.6 Å². The molecule has 0 radical (unpaired) electrons. The van der Waals surface area contributed by atoms with Crippen LogP contribution in [0.2, 0.25) is 5.02 Å². The number of hydrogen-bond acceptors (Lipinski definition) is 1. The van der Waals surface area contributed by atoms with Crippen LogP contribution in [0.3, 0.4) is 0 Å². The van der Waals surface area contributed by atoms with E-state index in [-0.39, 0.29) is 5.02 Å². The van der Waals surface area contributed by atoms with Gasteiger partial charge in [-0.15, -0.1) is 0 Å². The molecule has 0 spiro atoms. The van der Waals surface area contributed by atoms with Gasteiger partial charge in [0.1, 0.15) is 11.9 Å². The van der Waals surface area contributed by atoms with Crippen LogP contribution in [0.4, 0.5) is 4.39 Å². The van der Waals surface area contributed by atoms with E-state index in [2.05, 4.69) is 31.9 Å². The molecule has 0 aromatic heterocycles. The van der Waals surface area contributed by atoms with Gasteiger partial charge in [0.25, 0.3) is 0 Å². The zero-order valence-corrected chi connectivity index (χ0v) is 12.9. The molecule has 2 aromatic carbocycles. The van der Waals surface area contributed by atoms with E-state index < -0.39 is 11.9 Å². The molecule has 0 saturated heterocycles. The van der Waals surface area contributed by atoms with Crippen molar-refractivity contribution in [2.75, 3.05) is 0 Å². The Balaban J connectivity index is 2.44. The average molecular weight is 394 g/mol. The topological polar surface area (TPSA) is 20.2 Å². The summed E-state index contributed by atoms with van der Waals surface area (Å²) >= 11 is 12.3. The van der Waals surface area contributed by atoms with E-state index in [1.165, 1.54) is 12.1 Å². The lowest BCUT2D eigenvalue weighted by molar-refractivity contribution is 0.219. The summed E-state index contributed by atoms with van der Waals surface area (Å²) in [6.07, 6.45) is -0.913. The highest BCUT2D eigenvalue weighted by atomic mass is 79.9. The van der Waals surface area contributed by atoms with Gasteiger partial charge in [-0.2, -0.15) is 0 Å². The number of aliphatic hydroxyl groups excluding tert-OH is 1. The molecule has 2 aromatic rings. The molecule has 0 aliphatic rings. The largest absolute Gasteiger partial charge is 0.384 e. The maximum absolute atomic E-state index is 13.4. The predicted molar refractivity (Wildman–Crippen MR) is 77.3 cm³/mol. The number of hydrogen-bond donors (Lipinski definition) is 1. The van der Waals surface area contributed by atoms with Crippen LogP contribution in [-0.4, -0.2) is 5.11 Å². The zero-order valence-electron chi connectivity index (χ0n) is 9.00. The van der Waals surface area contributed by atoms with Crippen molar-refractivity contribution in [2.45, 2.75) is 6.10 Å². The van der Waals surface area contributed by atoms with Gasteiger partial charge in [0, 0.05) is 14.5 Å². The Morgan fingerprint density at radius 1 is 1.11 bits per heavy atom. The molecule has 1 unspecified atom stereocenters. The highest BCUT2D eigenvalue weighted by molar-refractivity contribution is 9.11. The summed E-state index contributed by atoms with van der Waals surface area (Å²) in [5.74, 6) is -0.542. The van der Waals surface area contributed by atoms with Gasteiger partial charge < -0.3 is 5.11 Å². The van der Waals surface area contributed by atoms with Gasteiger partial charge in [0.15, 0.2) is 0 Å². The Hall–Kier alpha value is -0.420. The molecule has 0 aliphatic heterocycles. The van der Waals surface area contributed by atoms with Gasteiger partial charge in [-0.1, -0.05) is 49.5 Å². The summed E-state index contributed by atoms with van der Waals surface area (Å²) < 4.78 is 15.0. The van der Waals surface area contributed by atoms with E-state index in [9.17, 15) is 9.50 Å². The summed E-state index contributed by atoms with van der Waals surface area (Å²) in [5.41, 5.74) is 1.11. The van der Waals surface area contributed by atoms with Crippen molar-refractivity contribution >= 4 is 43.5 Å². The van der Waals surface area contributed by atoms with E-state index in [0.29, 0.717) is 11.1 Å². The second kappa shape index (κ2) is 5.70. The van der Waals surface area contributed by atoms with Crippen LogP contribution in [0.5, 0.6) is 0 Å². The van der Waals surface area contributed by atoms with Gasteiger partial charge in [-0.25, -0.2) is 4.39 Å². The zero-order chi connectivity index (χ0) is 13.3. The maximum Gasteiger partial charge on any atom is 0.142 e. The summed E-state index contributed by atoms with van der Waals surface area (Å²) in [7, 11) is 0. The first-order valence-corrected chi connectivity index (χ1v) is 7.03. The van der Waals surface area contributed by atoms with E-state index in [1.54, 1.807) is 12.1 Å². The third-order valence-electron chi connectivity index (χ3n) is 2.51. The minimum absolute atomic E-state index is 0.0410. The quantitative estimate of drug-likeness (QED) is 0.753. The van der Waals surface area contributed by atoms with Crippen molar-refractivity contribution in [1.29, 1.82) is 0 Å². The monoisotopic (exact) mass is 392 g/mol. The lowest BCUT2D eigenvalue weighted by Gasteiger charge is -2.14. The van der Waals surface area contributed by atoms with Gasteiger partial charge in [-0.05, 0) is 35.9 Å². The Morgan fingerprint density at radius 3 is 2.50 bits per heavy atom. The van der Waals surface area contributed by atoms with Crippen LogP contribution in [0.25, 0.3) is 0 Å². The molecule has 1 atom stereocenters. The fraction of sp³-hybridized carbons (Fsp3) is 0.0769. The molecule has 1 nitrogen and oxygen atoms in total. The maximum atomic E-state index is 13.4. The second-order valence-electron chi connectivity index (χ2n) is 3.74. The van der Waals surface area contributed by atoms with Gasteiger partial charge in [-0.3, -0.25) is 0 Å². The molecule has 0 amide bonds. The van der Waals surface area contributed by atoms with Crippen molar-refractivity contribution in [3.8, 4) is 0 Å². The van der Waals surface area contributed by atoms with Crippen LogP contribution >= 0.6 is 43.5 Å². The molecule has 5 heteroatoms. The van der Waals surface area contributed by atoms with Crippen molar-refractivity contribution in [3.63, 3.8) is 0 Å². The Kier molecular flexibility index (Phi) is 4.43. The van der Waals surface area contributed by atoms with Crippen LogP contribution < -0.4 is 0 Å². The normalized spacial score (nSPS) is 12.5. The first-order chi connectivity index (χ1) is 8.49. The van der Waals surface area contributed by atoms with Crippen LogP contribution in [0.15, 0.2) is 45.3 Å². The van der Waals surface area contributed by atoms with Crippen molar-refractivity contribution < 1.29 is 9.50 Å². The third-order valence-corrected chi connectivity index (χ3v) is 4.03. The lowest BCUT2D eigenvalue weighted by Crippen LogP contribution is -2.01. The van der Waals surface area contributed by atoms with Crippen molar-refractivity contribution in [3.05, 3.63) is 67.3 Å². The Labute approximate surface area is 126 Å². The minimum atomic E-state index is -0.913. The summed E-state index contributed by atoms with van der Waals surface area (Å²) in [6, 6.07) is 9.71. The minimum Gasteiger partial charge on any atom is -0.384 e. The number of aliphatic hydroxyl groups is 1. The second-order valence-corrected chi connectivity index (χ2v) is 5.92. The predicted octanol–water partition coefficient (Wildman–Crippen LogP) is 5.09. The first kappa shape index (κ1) is 14.0. The molecule has 18 heavy (non-hydrogen) atoms. The summed E-state index contributed by atoms with van der Waals surface area (Å²) in [5, 5.41) is 10.3. The molecular weight excluding hydrogens is 386 g/mol. The van der Waals surface area contributed by atoms with E-state index in [1.807, 2.05) is 12.1 Å². The third kappa shape index (κ3) is 2.94. The van der Waals surface area contributed by atoms with E-state index >= 15 is 0 Å². The lowest BCUT2D eigenvalue weighted by atomic mass is 10.0. The molecule has 0 heterocycles. The fourth-order valence-electron chi connectivity index (χ4n) is 1.59. The molecule has 0 fully saturated rings.